The number of hydrogen-bond donors (Lipinski definition) is 1. The molecule has 2 rings (SSSR count). The van der Waals surface area contributed by atoms with Crippen LogP contribution in [0.3, 0.4) is 0 Å². The average molecular weight is 234 g/mol. The lowest BCUT2D eigenvalue weighted by atomic mass is 9.83. The molecule has 4 heteroatoms. The van der Waals surface area contributed by atoms with Crippen molar-refractivity contribution < 1.29 is 9.90 Å². The summed E-state index contributed by atoms with van der Waals surface area (Å²) in [6, 6.07) is 3.68. The summed E-state index contributed by atoms with van der Waals surface area (Å²) in [7, 11) is 0. The summed E-state index contributed by atoms with van der Waals surface area (Å²) >= 11 is 0. The number of amides is 1. The molecule has 1 aliphatic rings. The zero-order valence-corrected chi connectivity index (χ0v) is 10.5. The third-order valence-electron chi connectivity index (χ3n) is 3.50. The predicted octanol–water partition coefficient (Wildman–Crippen LogP) is 1.23. The Balaban J connectivity index is 2.08. The molecule has 0 unspecified atom stereocenters. The Morgan fingerprint density at radius 1 is 1.53 bits per heavy atom. The van der Waals surface area contributed by atoms with Gasteiger partial charge < -0.3 is 10.0 Å². The molecule has 1 fully saturated rings. The van der Waals surface area contributed by atoms with E-state index in [9.17, 15) is 9.90 Å². The second-order valence-electron chi connectivity index (χ2n) is 5.09. The fourth-order valence-electron chi connectivity index (χ4n) is 1.98. The minimum atomic E-state index is -0.724. The van der Waals surface area contributed by atoms with E-state index < -0.39 is 5.60 Å². The molecule has 4 nitrogen and oxygen atoms in total. The molecule has 0 radical (unpaired) electrons. The van der Waals surface area contributed by atoms with Gasteiger partial charge in [0.1, 0.15) is 11.3 Å². The summed E-state index contributed by atoms with van der Waals surface area (Å²) in [5.74, 6) is 0.0739. The number of hydrogen-bond acceptors (Lipinski definition) is 3. The molecular weight excluding hydrogens is 216 g/mol. The molecular formula is C13H18N2O2. The fraction of sp³-hybridized carbons (Fsp3) is 0.538. The highest BCUT2D eigenvalue weighted by Crippen LogP contribution is 2.29. The van der Waals surface area contributed by atoms with Gasteiger partial charge in [-0.05, 0) is 24.5 Å². The molecule has 92 valence electrons. The molecule has 0 bridgehead atoms. The molecule has 17 heavy (non-hydrogen) atoms. The highest BCUT2D eigenvalue weighted by atomic mass is 16.3. The lowest BCUT2D eigenvalue weighted by Crippen LogP contribution is -2.66. The fourth-order valence-corrected chi connectivity index (χ4v) is 1.98. The van der Waals surface area contributed by atoms with Crippen molar-refractivity contribution in [2.24, 2.45) is 5.92 Å². The Morgan fingerprint density at radius 2 is 2.18 bits per heavy atom. The molecule has 0 aromatic carbocycles. The number of β-amino-alcohol motifs (C(OH)–C–C–N with tert-alkyl or cyclic N) is 1. The van der Waals surface area contributed by atoms with E-state index in [0.29, 0.717) is 18.8 Å². The summed E-state index contributed by atoms with van der Waals surface area (Å²) in [6.07, 6.45) is 1.62. The van der Waals surface area contributed by atoms with Gasteiger partial charge in [0.05, 0.1) is 13.1 Å². The van der Waals surface area contributed by atoms with Crippen molar-refractivity contribution in [3.8, 4) is 0 Å². The smallest absolute Gasteiger partial charge is 0.272 e. The zero-order valence-electron chi connectivity index (χ0n) is 10.5. The van der Waals surface area contributed by atoms with E-state index in [1.165, 1.54) is 0 Å². The Labute approximate surface area is 101 Å². The Morgan fingerprint density at radius 3 is 2.71 bits per heavy atom. The highest BCUT2D eigenvalue weighted by Gasteiger charge is 2.46. The predicted molar refractivity (Wildman–Crippen MR) is 64.7 cm³/mol. The number of rotatable bonds is 2. The molecule has 1 saturated heterocycles. The topological polar surface area (TPSA) is 53.4 Å². The van der Waals surface area contributed by atoms with Gasteiger partial charge in [-0.15, -0.1) is 0 Å². The molecule has 1 amide bonds. The van der Waals surface area contributed by atoms with E-state index in [1.807, 2.05) is 32.9 Å². The SMILES string of the molecule is Cc1cccnc1C(=O)N1CC(O)(C(C)C)C1. The van der Waals surface area contributed by atoms with Gasteiger partial charge in [0.15, 0.2) is 0 Å². The quantitative estimate of drug-likeness (QED) is 0.837. The third-order valence-corrected chi connectivity index (χ3v) is 3.50. The van der Waals surface area contributed by atoms with Crippen LogP contribution in [0.25, 0.3) is 0 Å². The summed E-state index contributed by atoms with van der Waals surface area (Å²) in [5.41, 5.74) is 0.633. The highest BCUT2D eigenvalue weighted by molar-refractivity contribution is 5.94. The first kappa shape index (κ1) is 12.0. The first-order valence-corrected chi connectivity index (χ1v) is 5.87. The largest absolute Gasteiger partial charge is 0.386 e. The lowest BCUT2D eigenvalue weighted by molar-refractivity contribution is -0.111. The van der Waals surface area contributed by atoms with Gasteiger partial charge in [-0.1, -0.05) is 19.9 Å². The minimum absolute atomic E-state index is 0.0894. The average Bonchev–Trinajstić information content (AvgIpc) is 2.24. The van der Waals surface area contributed by atoms with Crippen LogP contribution in [0.1, 0.15) is 29.9 Å². The van der Waals surface area contributed by atoms with Crippen LogP contribution in [-0.2, 0) is 0 Å². The molecule has 0 atom stereocenters. The number of likely N-dealkylation sites (tertiary alicyclic amines) is 1. The van der Waals surface area contributed by atoms with Crippen LogP contribution in [0.2, 0.25) is 0 Å². The number of nitrogens with zero attached hydrogens (tertiary/aromatic N) is 2. The summed E-state index contributed by atoms with van der Waals surface area (Å²) in [5, 5.41) is 10.1. The van der Waals surface area contributed by atoms with E-state index >= 15 is 0 Å². The van der Waals surface area contributed by atoms with E-state index in [4.69, 9.17) is 0 Å². The van der Waals surface area contributed by atoms with E-state index in [1.54, 1.807) is 11.1 Å². The number of aromatic nitrogens is 1. The van der Waals surface area contributed by atoms with Crippen LogP contribution in [-0.4, -0.2) is 39.6 Å². The molecule has 1 aromatic heterocycles. The van der Waals surface area contributed by atoms with Crippen LogP contribution in [0.15, 0.2) is 18.3 Å². The number of pyridine rings is 1. The van der Waals surface area contributed by atoms with Crippen molar-refractivity contribution in [1.82, 2.24) is 9.88 Å². The van der Waals surface area contributed by atoms with Crippen molar-refractivity contribution in [1.29, 1.82) is 0 Å². The second kappa shape index (κ2) is 4.11. The summed E-state index contributed by atoms with van der Waals surface area (Å²) < 4.78 is 0. The van der Waals surface area contributed by atoms with E-state index in [2.05, 4.69) is 4.98 Å². The lowest BCUT2D eigenvalue weighted by Gasteiger charge is -2.48. The Bertz CT molecular complexity index is 437. The van der Waals surface area contributed by atoms with Gasteiger partial charge in [-0.25, -0.2) is 0 Å². The van der Waals surface area contributed by atoms with E-state index in [0.717, 1.165) is 5.56 Å². The maximum Gasteiger partial charge on any atom is 0.272 e. The first-order chi connectivity index (χ1) is 7.94. The zero-order chi connectivity index (χ0) is 12.6. The maximum absolute atomic E-state index is 12.1. The standard InChI is InChI=1S/C13H18N2O2/c1-9(2)13(17)7-15(8-13)12(16)11-10(3)5-4-6-14-11/h4-6,9,17H,7-8H2,1-3H3. The van der Waals surface area contributed by atoms with Gasteiger partial charge in [-0.3, -0.25) is 9.78 Å². The molecule has 0 aliphatic carbocycles. The first-order valence-electron chi connectivity index (χ1n) is 5.87. The molecule has 0 saturated carbocycles. The van der Waals surface area contributed by atoms with Gasteiger partial charge in [0.25, 0.3) is 5.91 Å². The summed E-state index contributed by atoms with van der Waals surface area (Å²) in [6.45, 7) is 6.61. The van der Waals surface area contributed by atoms with Gasteiger partial charge >= 0.3 is 0 Å². The third kappa shape index (κ3) is 2.05. The summed E-state index contributed by atoms with van der Waals surface area (Å²) in [4.78, 5) is 17.9. The minimum Gasteiger partial charge on any atom is -0.386 e. The van der Waals surface area contributed by atoms with Crippen LogP contribution in [0.5, 0.6) is 0 Å². The van der Waals surface area contributed by atoms with Gasteiger partial charge in [0, 0.05) is 6.20 Å². The number of carbonyl (C=O) groups is 1. The molecule has 1 N–H and O–H groups in total. The van der Waals surface area contributed by atoms with Crippen LogP contribution in [0, 0.1) is 12.8 Å². The van der Waals surface area contributed by atoms with Crippen molar-refractivity contribution in [2.45, 2.75) is 26.4 Å². The second-order valence-corrected chi connectivity index (χ2v) is 5.09. The van der Waals surface area contributed by atoms with Crippen molar-refractivity contribution >= 4 is 5.91 Å². The molecule has 2 heterocycles. The van der Waals surface area contributed by atoms with Crippen LogP contribution < -0.4 is 0 Å². The Hall–Kier alpha value is -1.42. The number of aliphatic hydroxyl groups is 1. The molecule has 1 aliphatic heterocycles. The van der Waals surface area contributed by atoms with Crippen molar-refractivity contribution in [3.63, 3.8) is 0 Å². The van der Waals surface area contributed by atoms with Crippen LogP contribution in [0.4, 0.5) is 0 Å². The normalized spacial score (nSPS) is 18.1. The number of carbonyl (C=O) groups excluding carboxylic acids is 1. The van der Waals surface area contributed by atoms with Crippen molar-refractivity contribution in [2.75, 3.05) is 13.1 Å². The monoisotopic (exact) mass is 234 g/mol. The number of aryl methyl sites for hydroxylation is 1. The molecule has 0 spiro atoms. The van der Waals surface area contributed by atoms with Crippen LogP contribution >= 0.6 is 0 Å². The van der Waals surface area contributed by atoms with Crippen molar-refractivity contribution in [3.05, 3.63) is 29.6 Å². The maximum atomic E-state index is 12.1. The molecule has 1 aromatic rings. The van der Waals surface area contributed by atoms with Gasteiger partial charge in [-0.2, -0.15) is 0 Å². The van der Waals surface area contributed by atoms with Gasteiger partial charge in [0.2, 0.25) is 0 Å². The Kier molecular flexibility index (Phi) is 2.91. The van der Waals surface area contributed by atoms with E-state index in [-0.39, 0.29) is 11.8 Å².